The fourth-order valence-electron chi connectivity index (χ4n) is 2.31. The first-order chi connectivity index (χ1) is 12.8. The Hall–Kier alpha value is -2.11. The number of aliphatic hydroxyl groups is 2. The third kappa shape index (κ3) is 4.99. The molecule has 0 aliphatic heterocycles. The summed E-state index contributed by atoms with van der Waals surface area (Å²) in [5.41, 5.74) is 6.49. The number of aromatic nitrogens is 4. The molecule has 10 nitrogen and oxygen atoms in total. The molecule has 0 amide bonds. The van der Waals surface area contributed by atoms with Crippen molar-refractivity contribution in [2.45, 2.75) is 37.5 Å². The van der Waals surface area contributed by atoms with Gasteiger partial charge in [0.2, 0.25) is 11.8 Å². The van der Waals surface area contributed by atoms with E-state index in [0.29, 0.717) is 11.2 Å². The highest BCUT2D eigenvalue weighted by molar-refractivity contribution is 8.00. The van der Waals surface area contributed by atoms with Crippen molar-refractivity contribution < 1.29 is 24.5 Å². The van der Waals surface area contributed by atoms with E-state index in [-0.39, 0.29) is 35.6 Å². The van der Waals surface area contributed by atoms with E-state index < -0.39 is 18.1 Å². The molecular formula is C16H25N5O5S. The zero-order chi connectivity index (χ0) is 20.1. The van der Waals surface area contributed by atoms with Crippen molar-refractivity contribution in [1.82, 2.24) is 19.5 Å². The van der Waals surface area contributed by atoms with Gasteiger partial charge in [0.05, 0.1) is 26.0 Å². The Kier molecular flexibility index (Phi) is 7.22. The minimum Gasteiger partial charge on any atom is -0.479 e. The number of fused-ring (bicyclic) bond motifs is 1. The molecule has 3 unspecified atom stereocenters. The predicted octanol–water partition coefficient (Wildman–Crippen LogP) is 0.590. The standard InChI is InChI=1S/C16H25N5O5S/c1-8(2)15(24)26-6-9(3)27-14(10(23)5-22)21-7-18-11-12(21)19-16(17)20-13(11)25-4/h7-10,14,22-23H,5-6H2,1-4H3,(H2,17,19,20). The van der Waals surface area contributed by atoms with E-state index in [9.17, 15) is 15.0 Å². The minimum atomic E-state index is -1.10. The first-order valence-electron chi connectivity index (χ1n) is 8.43. The molecule has 27 heavy (non-hydrogen) atoms. The zero-order valence-corrected chi connectivity index (χ0v) is 16.5. The smallest absolute Gasteiger partial charge is 0.308 e. The van der Waals surface area contributed by atoms with Crippen LogP contribution in [0.1, 0.15) is 26.1 Å². The number of esters is 1. The van der Waals surface area contributed by atoms with Gasteiger partial charge < -0.3 is 25.4 Å². The number of hydrogen-bond acceptors (Lipinski definition) is 10. The topological polar surface area (TPSA) is 146 Å². The van der Waals surface area contributed by atoms with Crippen molar-refractivity contribution in [3.8, 4) is 5.88 Å². The summed E-state index contributed by atoms with van der Waals surface area (Å²) in [6.45, 7) is 5.08. The summed E-state index contributed by atoms with van der Waals surface area (Å²) >= 11 is 1.32. The van der Waals surface area contributed by atoms with Crippen molar-refractivity contribution in [3.63, 3.8) is 0 Å². The van der Waals surface area contributed by atoms with Gasteiger partial charge in [0.25, 0.3) is 0 Å². The number of carbonyl (C=O) groups excluding carboxylic acids is 1. The van der Waals surface area contributed by atoms with E-state index in [1.165, 1.54) is 25.2 Å². The Morgan fingerprint density at radius 3 is 2.67 bits per heavy atom. The van der Waals surface area contributed by atoms with Gasteiger partial charge >= 0.3 is 5.97 Å². The molecule has 0 radical (unpaired) electrons. The largest absolute Gasteiger partial charge is 0.479 e. The maximum Gasteiger partial charge on any atom is 0.308 e. The van der Waals surface area contributed by atoms with Crippen molar-refractivity contribution in [3.05, 3.63) is 6.33 Å². The minimum absolute atomic E-state index is 0.00208. The first-order valence-corrected chi connectivity index (χ1v) is 9.37. The van der Waals surface area contributed by atoms with Crippen LogP contribution in [0.15, 0.2) is 6.33 Å². The maximum absolute atomic E-state index is 11.7. The molecular weight excluding hydrogens is 374 g/mol. The first kappa shape index (κ1) is 21.2. The lowest BCUT2D eigenvalue weighted by Crippen LogP contribution is -2.28. The fraction of sp³-hybridized carbons (Fsp3) is 0.625. The van der Waals surface area contributed by atoms with Gasteiger partial charge in [-0.15, -0.1) is 11.8 Å². The van der Waals surface area contributed by atoms with Crippen LogP contribution in [0.4, 0.5) is 5.95 Å². The number of thioether (sulfide) groups is 1. The van der Waals surface area contributed by atoms with Gasteiger partial charge in [0.1, 0.15) is 18.1 Å². The van der Waals surface area contributed by atoms with Crippen molar-refractivity contribution in [1.29, 1.82) is 0 Å². The van der Waals surface area contributed by atoms with Crippen LogP contribution < -0.4 is 10.5 Å². The molecule has 0 aliphatic rings. The summed E-state index contributed by atoms with van der Waals surface area (Å²) in [5, 5.41) is 19.0. The van der Waals surface area contributed by atoms with Gasteiger partial charge in [-0.2, -0.15) is 9.97 Å². The second kappa shape index (κ2) is 9.20. The van der Waals surface area contributed by atoms with E-state index in [0.717, 1.165) is 0 Å². The van der Waals surface area contributed by atoms with Gasteiger partial charge in [-0.1, -0.05) is 13.8 Å². The molecule has 0 saturated heterocycles. The second-order valence-corrected chi connectivity index (χ2v) is 7.85. The molecule has 2 heterocycles. The average molecular weight is 399 g/mol. The monoisotopic (exact) mass is 399 g/mol. The van der Waals surface area contributed by atoms with E-state index in [2.05, 4.69) is 15.0 Å². The Bertz CT molecular complexity index is 784. The molecule has 2 aromatic heterocycles. The molecule has 0 fully saturated rings. The summed E-state index contributed by atoms with van der Waals surface area (Å²) < 4.78 is 12.0. The lowest BCUT2D eigenvalue weighted by molar-refractivity contribution is -0.147. The SMILES string of the molecule is COc1nc(N)nc2c1ncn2C(SC(C)COC(=O)C(C)C)C(O)CO. The number of anilines is 1. The third-order valence-electron chi connectivity index (χ3n) is 3.69. The van der Waals surface area contributed by atoms with Crippen LogP contribution in [0.3, 0.4) is 0 Å². The van der Waals surface area contributed by atoms with Crippen LogP contribution in [0.5, 0.6) is 5.88 Å². The van der Waals surface area contributed by atoms with Gasteiger partial charge in [0.15, 0.2) is 11.2 Å². The second-order valence-electron chi connectivity index (χ2n) is 6.29. The predicted molar refractivity (Wildman–Crippen MR) is 101 cm³/mol. The molecule has 0 spiro atoms. The Labute approximate surface area is 161 Å². The lowest BCUT2D eigenvalue weighted by Gasteiger charge is -2.25. The van der Waals surface area contributed by atoms with Crippen LogP contribution in [0.2, 0.25) is 0 Å². The normalized spacial score (nSPS) is 14.9. The molecule has 11 heteroatoms. The highest BCUT2D eigenvalue weighted by Gasteiger charge is 2.27. The van der Waals surface area contributed by atoms with Gasteiger partial charge in [0, 0.05) is 5.25 Å². The van der Waals surface area contributed by atoms with Crippen molar-refractivity contribution >= 4 is 34.8 Å². The number of nitrogen functional groups attached to an aromatic ring is 1. The van der Waals surface area contributed by atoms with Crippen molar-refractivity contribution in [2.24, 2.45) is 5.92 Å². The summed E-state index contributed by atoms with van der Waals surface area (Å²) in [5.74, 6) is -0.287. The Morgan fingerprint density at radius 2 is 2.07 bits per heavy atom. The van der Waals surface area contributed by atoms with E-state index in [1.807, 2.05) is 6.92 Å². The molecule has 0 aromatic carbocycles. The number of ether oxygens (including phenoxy) is 2. The summed E-state index contributed by atoms with van der Waals surface area (Å²) in [4.78, 5) is 24.1. The van der Waals surface area contributed by atoms with E-state index >= 15 is 0 Å². The van der Waals surface area contributed by atoms with Gasteiger partial charge in [-0.3, -0.25) is 9.36 Å². The van der Waals surface area contributed by atoms with Gasteiger partial charge in [-0.25, -0.2) is 4.98 Å². The molecule has 4 N–H and O–H groups in total. The van der Waals surface area contributed by atoms with Crippen LogP contribution in [0.25, 0.3) is 11.2 Å². The molecule has 0 aliphatic carbocycles. The lowest BCUT2D eigenvalue weighted by atomic mass is 10.2. The number of rotatable bonds is 9. The molecule has 2 aromatic rings. The van der Waals surface area contributed by atoms with Crippen LogP contribution in [-0.4, -0.2) is 67.4 Å². The average Bonchev–Trinajstić information content (AvgIpc) is 3.05. The number of methoxy groups -OCH3 is 1. The quantitative estimate of drug-likeness (QED) is 0.512. The number of imidazole rings is 1. The number of nitrogens with two attached hydrogens (primary N) is 1. The summed E-state index contributed by atoms with van der Waals surface area (Å²) in [7, 11) is 1.44. The number of nitrogens with zero attached hydrogens (tertiary/aromatic N) is 4. The fourth-order valence-corrected chi connectivity index (χ4v) is 3.49. The maximum atomic E-state index is 11.7. The molecule has 0 bridgehead atoms. The highest BCUT2D eigenvalue weighted by Crippen LogP contribution is 2.34. The summed E-state index contributed by atoms with van der Waals surface area (Å²) in [6, 6.07) is 0. The molecule has 150 valence electrons. The molecule has 2 rings (SSSR count). The third-order valence-corrected chi connectivity index (χ3v) is 5.11. The van der Waals surface area contributed by atoms with E-state index in [4.69, 9.17) is 15.2 Å². The number of carbonyl (C=O) groups is 1. The summed E-state index contributed by atoms with van der Waals surface area (Å²) in [6.07, 6.45) is 0.378. The van der Waals surface area contributed by atoms with Crippen LogP contribution in [-0.2, 0) is 9.53 Å². The number of hydrogen-bond donors (Lipinski definition) is 3. The highest BCUT2D eigenvalue weighted by atomic mass is 32.2. The zero-order valence-electron chi connectivity index (χ0n) is 15.7. The Morgan fingerprint density at radius 1 is 1.37 bits per heavy atom. The Balaban J connectivity index is 2.28. The molecule has 3 atom stereocenters. The van der Waals surface area contributed by atoms with Crippen molar-refractivity contribution in [2.75, 3.05) is 26.1 Å². The molecule has 0 saturated carbocycles. The number of aliphatic hydroxyl groups excluding tert-OH is 2. The van der Waals surface area contributed by atoms with E-state index in [1.54, 1.807) is 18.4 Å². The van der Waals surface area contributed by atoms with Gasteiger partial charge in [-0.05, 0) is 6.92 Å². The van der Waals surface area contributed by atoms with Crippen LogP contribution in [0, 0.1) is 5.92 Å². The van der Waals surface area contributed by atoms with Crippen LogP contribution >= 0.6 is 11.8 Å².